The molecule has 3 rings (SSSR count). The van der Waals surface area contributed by atoms with E-state index in [1.54, 1.807) is 37.3 Å². The smallest absolute Gasteiger partial charge is 0.291 e. The number of anilines is 1. The molecule has 1 amide bonds. The van der Waals surface area contributed by atoms with Gasteiger partial charge in [0.1, 0.15) is 5.75 Å². The molecule has 0 unspecified atom stereocenters. The van der Waals surface area contributed by atoms with Gasteiger partial charge in [0, 0.05) is 18.2 Å². The molecule has 23 heavy (non-hydrogen) atoms. The minimum absolute atomic E-state index is 0.193. The first-order valence-corrected chi connectivity index (χ1v) is 6.99. The Kier molecular flexibility index (Phi) is 4.09. The van der Waals surface area contributed by atoms with Crippen LogP contribution < -0.4 is 10.1 Å². The van der Waals surface area contributed by atoms with Gasteiger partial charge in [0.05, 0.1) is 6.26 Å². The molecule has 2 heterocycles. The lowest BCUT2D eigenvalue weighted by atomic mass is 10.2. The first-order valence-electron chi connectivity index (χ1n) is 6.99. The van der Waals surface area contributed by atoms with Crippen molar-refractivity contribution in [2.45, 2.75) is 20.5 Å². The summed E-state index contributed by atoms with van der Waals surface area (Å²) in [5, 5.41) is 10.3. The van der Waals surface area contributed by atoms with Gasteiger partial charge in [0.2, 0.25) is 5.89 Å². The predicted octanol–water partition coefficient (Wildman–Crippen LogP) is 3.11. The summed E-state index contributed by atoms with van der Waals surface area (Å²) >= 11 is 0. The molecule has 0 spiro atoms. The van der Waals surface area contributed by atoms with Crippen LogP contribution in [0.2, 0.25) is 0 Å². The van der Waals surface area contributed by atoms with Crippen molar-refractivity contribution in [2.75, 3.05) is 5.32 Å². The van der Waals surface area contributed by atoms with Gasteiger partial charge in [-0.1, -0.05) is 0 Å². The average molecular weight is 313 g/mol. The molecule has 0 fully saturated rings. The van der Waals surface area contributed by atoms with Crippen molar-refractivity contribution >= 4 is 11.6 Å². The van der Waals surface area contributed by atoms with Crippen LogP contribution in [-0.4, -0.2) is 16.1 Å². The number of carbonyl (C=O) groups is 1. The number of furan rings is 1. The van der Waals surface area contributed by atoms with Crippen LogP contribution in [0.4, 0.5) is 5.69 Å². The van der Waals surface area contributed by atoms with E-state index >= 15 is 0 Å². The minimum atomic E-state index is -0.289. The summed E-state index contributed by atoms with van der Waals surface area (Å²) in [6, 6.07) is 8.71. The Morgan fingerprint density at radius 1 is 1.17 bits per heavy atom. The Morgan fingerprint density at radius 2 is 1.96 bits per heavy atom. The van der Waals surface area contributed by atoms with E-state index < -0.39 is 0 Å². The van der Waals surface area contributed by atoms with Crippen LogP contribution in [0.5, 0.6) is 5.75 Å². The van der Waals surface area contributed by atoms with E-state index in [2.05, 4.69) is 15.5 Å². The maximum Gasteiger partial charge on any atom is 0.291 e. The van der Waals surface area contributed by atoms with Crippen molar-refractivity contribution in [1.82, 2.24) is 10.2 Å². The van der Waals surface area contributed by atoms with Gasteiger partial charge in [0.15, 0.2) is 12.4 Å². The Bertz CT molecular complexity index is 805. The van der Waals surface area contributed by atoms with Gasteiger partial charge >= 0.3 is 0 Å². The highest BCUT2D eigenvalue weighted by atomic mass is 16.5. The Hall–Kier alpha value is -3.09. The lowest BCUT2D eigenvalue weighted by Gasteiger charge is -2.06. The SMILES string of the molecule is Cc1nnc(COc2ccc(NC(=O)c3occc3C)cc2)o1. The number of benzene rings is 1. The summed E-state index contributed by atoms with van der Waals surface area (Å²) in [7, 11) is 0. The van der Waals surface area contributed by atoms with Gasteiger partial charge in [0.25, 0.3) is 11.8 Å². The van der Waals surface area contributed by atoms with E-state index in [4.69, 9.17) is 13.6 Å². The molecule has 0 aliphatic heterocycles. The summed E-state index contributed by atoms with van der Waals surface area (Å²) in [5.41, 5.74) is 1.43. The lowest BCUT2D eigenvalue weighted by Crippen LogP contribution is -2.11. The highest BCUT2D eigenvalue weighted by molar-refractivity contribution is 6.03. The summed E-state index contributed by atoms with van der Waals surface area (Å²) in [5.74, 6) is 1.55. The maximum atomic E-state index is 12.0. The second-order valence-corrected chi connectivity index (χ2v) is 4.91. The summed E-state index contributed by atoms with van der Waals surface area (Å²) in [6.45, 7) is 3.72. The van der Waals surface area contributed by atoms with E-state index in [0.29, 0.717) is 29.0 Å². The number of aryl methyl sites for hydroxylation is 2. The zero-order valence-electron chi connectivity index (χ0n) is 12.7. The largest absolute Gasteiger partial charge is 0.484 e. The average Bonchev–Trinajstić information content (AvgIpc) is 3.15. The van der Waals surface area contributed by atoms with Gasteiger partial charge in [-0.05, 0) is 37.3 Å². The van der Waals surface area contributed by atoms with E-state index in [9.17, 15) is 4.79 Å². The maximum absolute atomic E-state index is 12.0. The Labute approximate surface area is 132 Å². The van der Waals surface area contributed by atoms with Gasteiger partial charge < -0.3 is 18.9 Å². The fourth-order valence-electron chi connectivity index (χ4n) is 1.97. The molecule has 0 saturated carbocycles. The number of hydrogen-bond donors (Lipinski definition) is 1. The summed E-state index contributed by atoms with van der Waals surface area (Å²) in [6.07, 6.45) is 1.49. The van der Waals surface area contributed by atoms with Crippen molar-refractivity contribution in [3.8, 4) is 5.75 Å². The number of amides is 1. The molecule has 7 nitrogen and oxygen atoms in total. The zero-order chi connectivity index (χ0) is 16.2. The van der Waals surface area contributed by atoms with Gasteiger partial charge in [-0.3, -0.25) is 4.79 Å². The monoisotopic (exact) mass is 313 g/mol. The fraction of sp³-hybridized carbons (Fsp3) is 0.188. The first-order chi connectivity index (χ1) is 11.1. The van der Waals surface area contributed by atoms with E-state index in [1.165, 1.54) is 6.26 Å². The van der Waals surface area contributed by atoms with Crippen molar-refractivity contribution < 1.29 is 18.4 Å². The molecule has 118 valence electrons. The van der Waals surface area contributed by atoms with Crippen molar-refractivity contribution in [1.29, 1.82) is 0 Å². The van der Waals surface area contributed by atoms with E-state index in [-0.39, 0.29) is 12.5 Å². The van der Waals surface area contributed by atoms with Crippen LogP contribution >= 0.6 is 0 Å². The third-order valence-electron chi connectivity index (χ3n) is 3.11. The topological polar surface area (TPSA) is 90.4 Å². The Balaban J connectivity index is 1.58. The minimum Gasteiger partial charge on any atom is -0.484 e. The number of nitrogens with zero attached hydrogens (tertiary/aromatic N) is 2. The molecule has 1 aromatic carbocycles. The highest BCUT2D eigenvalue weighted by Gasteiger charge is 2.12. The van der Waals surface area contributed by atoms with E-state index in [0.717, 1.165) is 5.56 Å². The van der Waals surface area contributed by atoms with Gasteiger partial charge in [-0.2, -0.15) is 0 Å². The first kappa shape index (κ1) is 14.8. The number of ether oxygens (including phenoxy) is 1. The van der Waals surface area contributed by atoms with Gasteiger partial charge in [-0.25, -0.2) is 0 Å². The molecule has 1 N–H and O–H groups in total. The summed E-state index contributed by atoms with van der Waals surface area (Å²) in [4.78, 5) is 12.0. The second kappa shape index (κ2) is 6.35. The molecule has 7 heteroatoms. The highest BCUT2D eigenvalue weighted by Crippen LogP contribution is 2.18. The molecule has 0 radical (unpaired) electrons. The number of hydrogen-bond acceptors (Lipinski definition) is 6. The number of aromatic nitrogens is 2. The Morgan fingerprint density at radius 3 is 2.57 bits per heavy atom. The van der Waals surface area contributed by atoms with Crippen LogP contribution in [0.25, 0.3) is 0 Å². The molecule has 0 aliphatic rings. The number of rotatable bonds is 5. The molecule has 0 bridgehead atoms. The molecular formula is C16H15N3O4. The van der Waals surface area contributed by atoms with Crippen molar-refractivity contribution in [3.05, 3.63) is 59.7 Å². The van der Waals surface area contributed by atoms with Crippen LogP contribution in [0.3, 0.4) is 0 Å². The van der Waals surface area contributed by atoms with Crippen LogP contribution in [0, 0.1) is 13.8 Å². The third kappa shape index (κ3) is 3.57. The molecule has 0 aliphatic carbocycles. The van der Waals surface area contributed by atoms with Crippen molar-refractivity contribution in [3.63, 3.8) is 0 Å². The quantitative estimate of drug-likeness (QED) is 0.778. The molecule has 0 saturated heterocycles. The lowest BCUT2D eigenvalue weighted by molar-refractivity contribution is 0.0996. The zero-order valence-corrected chi connectivity index (χ0v) is 12.7. The summed E-state index contributed by atoms with van der Waals surface area (Å²) < 4.78 is 15.9. The van der Waals surface area contributed by atoms with Gasteiger partial charge in [-0.15, -0.1) is 10.2 Å². The van der Waals surface area contributed by atoms with E-state index in [1.807, 2.05) is 6.92 Å². The third-order valence-corrected chi connectivity index (χ3v) is 3.11. The standard InChI is InChI=1S/C16H15N3O4/c1-10-7-8-21-15(10)16(20)17-12-3-5-13(6-4-12)22-9-14-19-18-11(2)23-14/h3-8H,9H2,1-2H3,(H,17,20). The van der Waals surface area contributed by atoms with Crippen LogP contribution in [0.15, 0.2) is 45.4 Å². The molecule has 0 atom stereocenters. The van der Waals surface area contributed by atoms with Crippen LogP contribution in [0.1, 0.15) is 27.9 Å². The van der Waals surface area contributed by atoms with Crippen LogP contribution in [-0.2, 0) is 6.61 Å². The number of nitrogens with one attached hydrogen (secondary N) is 1. The normalized spacial score (nSPS) is 10.5. The predicted molar refractivity (Wildman–Crippen MR) is 81.2 cm³/mol. The molecular weight excluding hydrogens is 298 g/mol. The molecule has 2 aromatic heterocycles. The number of carbonyl (C=O) groups excluding carboxylic acids is 1. The second-order valence-electron chi connectivity index (χ2n) is 4.91. The van der Waals surface area contributed by atoms with Crippen molar-refractivity contribution in [2.24, 2.45) is 0 Å². The molecule has 3 aromatic rings. The fourth-order valence-corrected chi connectivity index (χ4v) is 1.97.